The third-order valence-corrected chi connectivity index (χ3v) is 4.89. The van der Waals surface area contributed by atoms with E-state index in [1.807, 2.05) is 36.9 Å². The fourth-order valence-corrected chi connectivity index (χ4v) is 3.29. The number of thioether (sulfide) groups is 1. The monoisotopic (exact) mass is 316 g/mol. The van der Waals surface area contributed by atoms with Crippen LogP contribution in [0.15, 0.2) is 49.1 Å². The predicted octanol–water partition coefficient (Wildman–Crippen LogP) is 2.73. The molecule has 1 fully saturated rings. The van der Waals surface area contributed by atoms with Gasteiger partial charge in [-0.2, -0.15) is 0 Å². The first kappa shape index (κ1) is 14.4. The number of thiocarbonyl (C=S) groups is 1. The van der Waals surface area contributed by atoms with E-state index in [4.69, 9.17) is 12.2 Å². The molecule has 2 aromatic heterocycles. The Hall–Kier alpha value is -1.50. The third kappa shape index (κ3) is 4.00. The van der Waals surface area contributed by atoms with Crippen LogP contribution in [0.5, 0.6) is 0 Å². The second-order valence-electron chi connectivity index (χ2n) is 4.92. The Bertz CT molecular complexity index is 591. The Labute approximate surface area is 134 Å². The first-order chi connectivity index (χ1) is 10.3. The summed E-state index contributed by atoms with van der Waals surface area (Å²) in [7, 11) is 0. The molecule has 0 radical (unpaired) electrons. The lowest BCUT2D eigenvalue weighted by atomic mass is 10.2. The standard InChI is InChI=1S/C15H16N4S2/c20-15-19(10-14-3-7-17-8-4-14)11-18(12-21-15)9-13-1-5-16-6-2-13/h1-8H,9-12H2. The molecule has 1 aliphatic rings. The van der Waals surface area contributed by atoms with Gasteiger partial charge in [0.15, 0.2) is 0 Å². The summed E-state index contributed by atoms with van der Waals surface area (Å²) in [5.74, 6) is 0.938. The van der Waals surface area contributed by atoms with Crippen LogP contribution in [0.25, 0.3) is 0 Å². The summed E-state index contributed by atoms with van der Waals surface area (Å²) in [6.07, 6.45) is 7.33. The first-order valence-electron chi connectivity index (χ1n) is 6.73. The fourth-order valence-electron chi connectivity index (χ4n) is 2.24. The molecule has 21 heavy (non-hydrogen) atoms. The first-order valence-corrected chi connectivity index (χ1v) is 8.12. The molecule has 0 saturated carbocycles. The van der Waals surface area contributed by atoms with Gasteiger partial charge in [0.2, 0.25) is 0 Å². The Morgan fingerprint density at radius 1 is 0.952 bits per heavy atom. The average Bonchev–Trinajstić information content (AvgIpc) is 2.53. The SMILES string of the molecule is S=C1SCN(Cc2ccncc2)CN1Cc1ccncc1. The Morgan fingerprint density at radius 3 is 2.14 bits per heavy atom. The summed E-state index contributed by atoms with van der Waals surface area (Å²) in [5, 5.41) is 0. The molecule has 0 amide bonds. The Morgan fingerprint density at radius 2 is 1.52 bits per heavy atom. The second kappa shape index (κ2) is 6.98. The van der Waals surface area contributed by atoms with E-state index < -0.39 is 0 Å². The fraction of sp³-hybridized carbons (Fsp3) is 0.267. The molecule has 1 aliphatic heterocycles. The Kier molecular flexibility index (Phi) is 4.80. The molecule has 0 spiro atoms. The van der Waals surface area contributed by atoms with Gasteiger partial charge in [-0.3, -0.25) is 14.9 Å². The van der Waals surface area contributed by atoms with Crippen LogP contribution >= 0.6 is 24.0 Å². The van der Waals surface area contributed by atoms with Crippen LogP contribution in [-0.2, 0) is 13.1 Å². The third-order valence-electron chi connectivity index (χ3n) is 3.28. The van der Waals surface area contributed by atoms with Gasteiger partial charge in [-0.05, 0) is 35.4 Å². The minimum absolute atomic E-state index is 0.835. The van der Waals surface area contributed by atoms with Gasteiger partial charge >= 0.3 is 0 Å². The van der Waals surface area contributed by atoms with Crippen LogP contribution in [0.4, 0.5) is 0 Å². The van der Waals surface area contributed by atoms with Crippen molar-refractivity contribution < 1.29 is 0 Å². The molecule has 0 unspecified atom stereocenters. The van der Waals surface area contributed by atoms with E-state index in [-0.39, 0.29) is 0 Å². The van der Waals surface area contributed by atoms with Crippen molar-refractivity contribution in [3.05, 3.63) is 60.2 Å². The highest BCUT2D eigenvalue weighted by atomic mass is 32.2. The lowest BCUT2D eigenvalue weighted by Gasteiger charge is -2.36. The van der Waals surface area contributed by atoms with Crippen LogP contribution in [0, 0.1) is 0 Å². The molecular formula is C15H16N4S2. The van der Waals surface area contributed by atoms with Crippen molar-refractivity contribution in [2.75, 3.05) is 12.5 Å². The number of nitrogens with zero attached hydrogens (tertiary/aromatic N) is 4. The zero-order chi connectivity index (χ0) is 14.5. The zero-order valence-corrected chi connectivity index (χ0v) is 13.2. The van der Waals surface area contributed by atoms with Crippen molar-refractivity contribution >= 4 is 28.3 Å². The van der Waals surface area contributed by atoms with Gasteiger partial charge in [-0.25, -0.2) is 0 Å². The van der Waals surface area contributed by atoms with Gasteiger partial charge in [0.05, 0.1) is 12.5 Å². The van der Waals surface area contributed by atoms with Crippen LogP contribution in [0.2, 0.25) is 0 Å². The summed E-state index contributed by atoms with van der Waals surface area (Å²) in [5.41, 5.74) is 2.51. The molecule has 3 rings (SSSR count). The smallest absolute Gasteiger partial charge is 0.138 e. The van der Waals surface area contributed by atoms with Crippen LogP contribution in [-0.4, -0.2) is 36.6 Å². The van der Waals surface area contributed by atoms with Crippen LogP contribution < -0.4 is 0 Å². The van der Waals surface area contributed by atoms with E-state index in [2.05, 4.69) is 31.9 Å². The highest BCUT2D eigenvalue weighted by molar-refractivity contribution is 8.22. The molecule has 3 heterocycles. The van der Waals surface area contributed by atoms with E-state index in [9.17, 15) is 0 Å². The molecule has 108 valence electrons. The summed E-state index contributed by atoms with van der Waals surface area (Å²) < 4.78 is 0.970. The van der Waals surface area contributed by atoms with Gasteiger partial charge in [0, 0.05) is 37.9 Å². The van der Waals surface area contributed by atoms with Crippen molar-refractivity contribution in [3.8, 4) is 0 Å². The molecule has 0 N–H and O–H groups in total. The van der Waals surface area contributed by atoms with Gasteiger partial charge < -0.3 is 4.90 Å². The number of pyridine rings is 2. The van der Waals surface area contributed by atoms with E-state index >= 15 is 0 Å². The zero-order valence-electron chi connectivity index (χ0n) is 11.6. The van der Waals surface area contributed by atoms with Crippen molar-refractivity contribution in [1.29, 1.82) is 0 Å². The molecular weight excluding hydrogens is 300 g/mol. The van der Waals surface area contributed by atoms with Gasteiger partial charge in [0.1, 0.15) is 4.32 Å². The normalized spacial score (nSPS) is 16.2. The minimum Gasteiger partial charge on any atom is -0.340 e. The number of hydrogen-bond acceptors (Lipinski definition) is 5. The van der Waals surface area contributed by atoms with Crippen molar-refractivity contribution in [1.82, 2.24) is 19.8 Å². The van der Waals surface area contributed by atoms with E-state index in [0.717, 1.165) is 30.0 Å². The maximum atomic E-state index is 5.48. The van der Waals surface area contributed by atoms with Crippen LogP contribution in [0.3, 0.4) is 0 Å². The quantitative estimate of drug-likeness (QED) is 0.807. The predicted molar refractivity (Wildman–Crippen MR) is 89.5 cm³/mol. The Balaban J connectivity index is 1.63. The van der Waals surface area contributed by atoms with Gasteiger partial charge in [-0.1, -0.05) is 24.0 Å². The van der Waals surface area contributed by atoms with Gasteiger partial charge in [-0.15, -0.1) is 0 Å². The largest absolute Gasteiger partial charge is 0.340 e. The average molecular weight is 316 g/mol. The highest BCUT2D eigenvalue weighted by Gasteiger charge is 2.21. The van der Waals surface area contributed by atoms with Crippen LogP contribution in [0.1, 0.15) is 11.1 Å². The molecule has 4 nitrogen and oxygen atoms in total. The van der Waals surface area contributed by atoms with Crippen molar-refractivity contribution in [3.63, 3.8) is 0 Å². The number of aromatic nitrogens is 2. The van der Waals surface area contributed by atoms with Crippen molar-refractivity contribution in [2.45, 2.75) is 13.1 Å². The summed E-state index contributed by atoms with van der Waals surface area (Å²) >= 11 is 7.21. The highest BCUT2D eigenvalue weighted by Crippen LogP contribution is 2.22. The maximum absolute atomic E-state index is 5.48. The van der Waals surface area contributed by atoms with Crippen molar-refractivity contribution in [2.24, 2.45) is 0 Å². The lowest BCUT2D eigenvalue weighted by molar-refractivity contribution is 0.201. The molecule has 1 saturated heterocycles. The maximum Gasteiger partial charge on any atom is 0.138 e. The minimum atomic E-state index is 0.835. The van der Waals surface area contributed by atoms with E-state index in [1.165, 1.54) is 11.1 Å². The van der Waals surface area contributed by atoms with Gasteiger partial charge in [0.25, 0.3) is 0 Å². The molecule has 2 aromatic rings. The number of rotatable bonds is 4. The number of hydrogen-bond donors (Lipinski definition) is 0. The molecule has 0 bridgehead atoms. The molecule has 0 aliphatic carbocycles. The molecule has 0 aromatic carbocycles. The van der Waals surface area contributed by atoms with E-state index in [1.54, 1.807) is 11.8 Å². The second-order valence-corrected chi connectivity index (χ2v) is 6.50. The molecule has 6 heteroatoms. The van der Waals surface area contributed by atoms with E-state index in [0.29, 0.717) is 0 Å². The topological polar surface area (TPSA) is 32.3 Å². The molecule has 0 atom stereocenters. The summed E-state index contributed by atoms with van der Waals surface area (Å²) in [6, 6.07) is 8.19. The summed E-state index contributed by atoms with van der Waals surface area (Å²) in [4.78, 5) is 12.7. The summed E-state index contributed by atoms with van der Waals surface area (Å²) in [6.45, 7) is 2.61. The lowest BCUT2D eigenvalue weighted by Crippen LogP contribution is -2.43.